The Hall–Kier alpha value is -2.13. The highest BCUT2D eigenvalue weighted by molar-refractivity contribution is 5.86. The molecule has 1 aliphatic carbocycles. The predicted molar refractivity (Wildman–Crippen MR) is 134 cm³/mol. The number of aromatic nitrogens is 1. The van der Waals surface area contributed by atoms with E-state index in [1.807, 2.05) is 6.07 Å². The Labute approximate surface area is 212 Å². The summed E-state index contributed by atoms with van der Waals surface area (Å²) in [5, 5.41) is 1.27. The maximum atomic E-state index is 13.2. The minimum Gasteiger partial charge on any atom is -0.497 e. The second-order valence-electron chi connectivity index (χ2n) is 10.8. The first kappa shape index (κ1) is 24.2. The zero-order valence-corrected chi connectivity index (χ0v) is 21.5. The number of piperidine rings is 1. The van der Waals surface area contributed by atoms with Gasteiger partial charge in [0, 0.05) is 49.5 Å². The van der Waals surface area contributed by atoms with Gasteiger partial charge in [-0.05, 0) is 68.1 Å². The van der Waals surface area contributed by atoms with Crippen molar-refractivity contribution in [3.63, 3.8) is 0 Å². The molecule has 1 N–H and O–H groups in total. The maximum Gasteiger partial charge on any atom is 0.311 e. The van der Waals surface area contributed by atoms with Crippen LogP contribution in [0.15, 0.2) is 18.2 Å². The summed E-state index contributed by atoms with van der Waals surface area (Å²) in [6.07, 6.45) is 5.13. The van der Waals surface area contributed by atoms with Crippen LogP contribution in [0.5, 0.6) is 5.75 Å². The van der Waals surface area contributed by atoms with Gasteiger partial charge < -0.3 is 28.7 Å². The average Bonchev–Trinajstić information content (AvgIpc) is 3.29. The Bertz CT molecular complexity index is 1100. The molecule has 3 aliphatic heterocycles. The number of carbonyl (C=O) groups is 1. The summed E-state index contributed by atoms with van der Waals surface area (Å²) < 4.78 is 29.2. The van der Waals surface area contributed by atoms with Gasteiger partial charge in [-0.15, -0.1) is 0 Å². The highest BCUT2D eigenvalue weighted by Crippen LogP contribution is 2.50. The van der Waals surface area contributed by atoms with Gasteiger partial charge in [0.25, 0.3) is 0 Å². The molecule has 0 unspecified atom stereocenters. The van der Waals surface area contributed by atoms with Crippen LogP contribution in [0.1, 0.15) is 49.4 Å². The lowest BCUT2D eigenvalue weighted by molar-refractivity contribution is -0.239. The molecule has 1 aromatic heterocycles. The number of nitrogens with zero attached hydrogens (tertiary/aromatic N) is 1. The van der Waals surface area contributed by atoms with E-state index in [-0.39, 0.29) is 42.3 Å². The van der Waals surface area contributed by atoms with Crippen molar-refractivity contribution < 1.29 is 28.5 Å². The Balaban J connectivity index is 1.30. The Morgan fingerprint density at radius 3 is 2.81 bits per heavy atom. The normalized spacial score (nSPS) is 34.5. The summed E-state index contributed by atoms with van der Waals surface area (Å²) in [4.78, 5) is 19.5. The number of benzene rings is 1. The van der Waals surface area contributed by atoms with Crippen molar-refractivity contribution in [1.29, 1.82) is 0 Å². The molecule has 8 heteroatoms. The summed E-state index contributed by atoms with van der Waals surface area (Å²) in [6.45, 7) is 2.70. The summed E-state index contributed by atoms with van der Waals surface area (Å²) in [6, 6.07) is 6.53. The standard InChI is InChI=1S/C28H38N2O6/c1-32-17-7-8-18-19-9-10-30-15-16-12-23(36-24-6-4-5-11-35-24)27(33-2)25(28(31)34-3)20(16)14-22(30)26(19)29-21(18)13-17/h7-8,13,16,20,22-25,27,29H,4-6,9-12,14-15H2,1-3H3/t16-,20-,22+,23+,24-,25-,27+/m1/s1. The topological polar surface area (TPSA) is 82.3 Å². The first-order valence-electron chi connectivity index (χ1n) is 13.4. The lowest BCUT2D eigenvalue weighted by Crippen LogP contribution is -2.58. The molecule has 1 aromatic carbocycles. The number of carbonyl (C=O) groups excluding carboxylic acids is 1. The van der Waals surface area contributed by atoms with Crippen LogP contribution >= 0.6 is 0 Å². The van der Waals surface area contributed by atoms with E-state index in [0.29, 0.717) is 5.92 Å². The van der Waals surface area contributed by atoms with Crippen LogP contribution in [0.4, 0.5) is 0 Å². The fourth-order valence-electron chi connectivity index (χ4n) is 7.39. The number of hydrogen-bond donors (Lipinski definition) is 1. The van der Waals surface area contributed by atoms with Crippen molar-refractivity contribution >= 4 is 16.9 Å². The van der Waals surface area contributed by atoms with Crippen molar-refractivity contribution in [3.8, 4) is 5.75 Å². The Morgan fingerprint density at radius 1 is 1.17 bits per heavy atom. The molecular weight excluding hydrogens is 460 g/mol. The summed E-state index contributed by atoms with van der Waals surface area (Å²) >= 11 is 0. The van der Waals surface area contributed by atoms with Crippen LogP contribution in [0.2, 0.25) is 0 Å². The summed E-state index contributed by atoms with van der Waals surface area (Å²) in [7, 11) is 4.88. The van der Waals surface area contributed by atoms with Gasteiger partial charge in [-0.25, -0.2) is 0 Å². The number of H-pyrrole nitrogens is 1. The van der Waals surface area contributed by atoms with Crippen molar-refractivity contribution in [3.05, 3.63) is 29.5 Å². The molecular formula is C28H38N2O6. The molecule has 2 saturated heterocycles. The highest BCUT2D eigenvalue weighted by atomic mass is 16.7. The molecule has 0 bridgehead atoms. The third-order valence-corrected chi connectivity index (χ3v) is 9.07. The zero-order chi connectivity index (χ0) is 24.8. The van der Waals surface area contributed by atoms with Crippen molar-refractivity contribution in [2.75, 3.05) is 41.0 Å². The van der Waals surface area contributed by atoms with E-state index in [0.717, 1.165) is 69.5 Å². The first-order valence-corrected chi connectivity index (χ1v) is 13.4. The zero-order valence-electron chi connectivity index (χ0n) is 21.5. The number of hydrogen-bond acceptors (Lipinski definition) is 7. The van der Waals surface area contributed by atoms with E-state index in [4.69, 9.17) is 23.7 Å². The largest absolute Gasteiger partial charge is 0.497 e. The van der Waals surface area contributed by atoms with E-state index < -0.39 is 0 Å². The summed E-state index contributed by atoms with van der Waals surface area (Å²) in [5.74, 6) is 0.819. The van der Waals surface area contributed by atoms with E-state index in [1.54, 1.807) is 14.2 Å². The van der Waals surface area contributed by atoms with Gasteiger partial charge in [0.1, 0.15) is 5.75 Å². The fraction of sp³-hybridized carbons (Fsp3) is 0.679. The molecule has 0 spiro atoms. The number of nitrogens with one attached hydrogen (secondary N) is 1. The SMILES string of the molecule is COC(=O)[C@@H]1[C@@H]2C[C@H]3c4[nH]c5cc(OC)ccc5c4CCN3C[C@H]2C[C@H](O[C@@H]2CCCCO2)[C@@H]1OC. The summed E-state index contributed by atoms with van der Waals surface area (Å²) in [5.41, 5.74) is 3.80. The van der Waals surface area contributed by atoms with Crippen LogP contribution in [0, 0.1) is 17.8 Å². The average molecular weight is 499 g/mol. The predicted octanol–water partition coefficient (Wildman–Crippen LogP) is 3.83. The second-order valence-corrected chi connectivity index (χ2v) is 10.8. The molecule has 2 aromatic rings. The van der Waals surface area contributed by atoms with Gasteiger partial charge in [0.2, 0.25) is 0 Å². The van der Waals surface area contributed by atoms with E-state index in [2.05, 4.69) is 22.0 Å². The lowest BCUT2D eigenvalue weighted by atomic mass is 9.63. The Kier molecular flexibility index (Phi) is 6.71. The highest BCUT2D eigenvalue weighted by Gasteiger charge is 2.54. The van der Waals surface area contributed by atoms with E-state index in [9.17, 15) is 4.79 Å². The molecule has 0 radical (unpaired) electrons. The molecule has 8 nitrogen and oxygen atoms in total. The van der Waals surface area contributed by atoms with E-state index in [1.165, 1.54) is 23.8 Å². The molecule has 0 amide bonds. The molecule has 3 fully saturated rings. The van der Waals surface area contributed by atoms with Crippen molar-refractivity contribution in [1.82, 2.24) is 9.88 Å². The fourth-order valence-corrected chi connectivity index (χ4v) is 7.39. The molecule has 36 heavy (non-hydrogen) atoms. The third kappa shape index (κ3) is 4.12. The first-order chi connectivity index (χ1) is 17.6. The molecule has 6 rings (SSSR count). The van der Waals surface area contributed by atoms with Gasteiger partial charge in [-0.3, -0.25) is 9.69 Å². The van der Waals surface area contributed by atoms with Gasteiger partial charge in [0.15, 0.2) is 6.29 Å². The molecule has 1 saturated carbocycles. The minimum absolute atomic E-state index is 0.169. The Morgan fingerprint density at radius 2 is 2.06 bits per heavy atom. The van der Waals surface area contributed by atoms with Gasteiger partial charge in [0.05, 0.1) is 38.4 Å². The number of ether oxygens (including phenoxy) is 5. The van der Waals surface area contributed by atoms with Gasteiger partial charge in [-0.2, -0.15) is 0 Å². The lowest BCUT2D eigenvalue weighted by Gasteiger charge is -2.53. The van der Waals surface area contributed by atoms with Crippen LogP contribution in [0.25, 0.3) is 10.9 Å². The number of fused-ring (bicyclic) bond motifs is 6. The maximum absolute atomic E-state index is 13.2. The quantitative estimate of drug-likeness (QED) is 0.628. The van der Waals surface area contributed by atoms with Gasteiger partial charge >= 0.3 is 5.97 Å². The van der Waals surface area contributed by atoms with Crippen LogP contribution in [-0.4, -0.2) is 75.4 Å². The molecule has 196 valence electrons. The number of aromatic amines is 1. The molecule has 7 atom stereocenters. The van der Waals surface area contributed by atoms with Crippen molar-refractivity contribution in [2.45, 2.75) is 63.1 Å². The molecule has 4 aliphatic rings. The van der Waals surface area contributed by atoms with Crippen molar-refractivity contribution in [2.24, 2.45) is 17.8 Å². The van der Waals surface area contributed by atoms with Gasteiger partial charge in [-0.1, -0.05) is 0 Å². The second kappa shape index (κ2) is 9.97. The van der Waals surface area contributed by atoms with Crippen LogP contribution < -0.4 is 4.74 Å². The smallest absolute Gasteiger partial charge is 0.311 e. The third-order valence-electron chi connectivity index (χ3n) is 9.07. The monoisotopic (exact) mass is 498 g/mol. The van der Waals surface area contributed by atoms with Crippen LogP contribution in [-0.2, 0) is 30.2 Å². The number of methoxy groups -OCH3 is 3. The number of esters is 1. The minimum atomic E-state index is -0.357. The number of rotatable bonds is 5. The van der Waals surface area contributed by atoms with E-state index >= 15 is 0 Å². The van der Waals surface area contributed by atoms with Crippen LogP contribution in [0.3, 0.4) is 0 Å². The molecule has 4 heterocycles.